The molecule has 23 heavy (non-hydrogen) atoms. The SMILES string of the molecule is C[C@@H](N)C(=O)Nc1ccc(/C=C/c2nc3ccccc3s2)cc1. The number of aromatic nitrogens is 1. The van der Waals surface area contributed by atoms with Gasteiger partial charge in [0.2, 0.25) is 5.91 Å². The van der Waals surface area contributed by atoms with Gasteiger partial charge in [0.1, 0.15) is 5.01 Å². The van der Waals surface area contributed by atoms with E-state index in [1.165, 1.54) is 4.70 Å². The zero-order valence-electron chi connectivity index (χ0n) is 12.7. The first-order chi connectivity index (χ1) is 11.1. The molecule has 0 aliphatic carbocycles. The lowest BCUT2D eigenvalue weighted by molar-refractivity contribution is -0.117. The Kier molecular flexibility index (Phi) is 4.50. The number of thiazole rings is 1. The smallest absolute Gasteiger partial charge is 0.240 e. The molecule has 0 unspecified atom stereocenters. The average molecular weight is 323 g/mol. The fourth-order valence-corrected chi connectivity index (χ4v) is 2.93. The van der Waals surface area contributed by atoms with Gasteiger partial charge >= 0.3 is 0 Å². The van der Waals surface area contributed by atoms with Crippen LogP contribution in [0.2, 0.25) is 0 Å². The lowest BCUT2D eigenvalue weighted by Crippen LogP contribution is -2.32. The summed E-state index contributed by atoms with van der Waals surface area (Å²) < 4.78 is 1.18. The normalized spacial score (nSPS) is 12.6. The molecule has 3 N–H and O–H groups in total. The zero-order chi connectivity index (χ0) is 16.2. The maximum absolute atomic E-state index is 11.5. The van der Waals surface area contributed by atoms with E-state index in [0.717, 1.165) is 21.8 Å². The first-order valence-corrected chi connectivity index (χ1v) is 8.13. The van der Waals surface area contributed by atoms with Crippen LogP contribution in [0.1, 0.15) is 17.5 Å². The third-order valence-corrected chi connectivity index (χ3v) is 4.32. The van der Waals surface area contributed by atoms with Crippen LogP contribution in [0.3, 0.4) is 0 Å². The number of nitrogens with zero attached hydrogens (tertiary/aromatic N) is 1. The summed E-state index contributed by atoms with van der Waals surface area (Å²) in [6.45, 7) is 1.66. The van der Waals surface area contributed by atoms with Crippen molar-refractivity contribution < 1.29 is 4.79 Å². The van der Waals surface area contributed by atoms with Crippen LogP contribution in [0.25, 0.3) is 22.4 Å². The summed E-state index contributed by atoms with van der Waals surface area (Å²) in [5.41, 5.74) is 8.33. The van der Waals surface area contributed by atoms with E-state index in [-0.39, 0.29) is 5.91 Å². The van der Waals surface area contributed by atoms with Crippen molar-refractivity contribution in [2.75, 3.05) is 5.32 Å². The van der Waals surface area contributed by atoms with Crippen LogP contribution in [0, 0.1) is 0 Å². The molecule has 1 atom stereocenters. The second-order valence-corrected chi connectivity index (χ2v) is 6.32. The molecule has 4 nitrogen and oxygen atoms in total. The third kappa shape index (κ3) is 3.83. The highest BCUT2D eigenvalue weighted by Crippen LogP contribution is 2.23. The second kappa shape index (κ2) is 6.73. The van der Waals surface area contributed by atoms with Crippen LogP contribution in [0.15, 0.2) is 48.5 Å². The van der Waals surface area contributed by atoms with E-state index in [2.05, 4.69) is 16.4 Å². The number of hydrogen-bond donors (Lipinski definition) is 2. The minimum Gasteiger partial charge on any atom is -0.325 e. The van der Waals surface area contributed by atoms with Crippen LogP contribution in [-0.2, 0) is 4.79 Å². The quantitative estimate of drug-likeness (QED) is 0.768. The molecule has 5 heteroatoms. The Morgan fingerprint density at radius 3 is 2.61 bits per heavy atom. The molecule has 0 aliphatic rings. The Morgan fingerprint density at radius 1 is 1.17 bits per heavy atom. The number of para-hydroxylation sites is 1. The fraction of sp³-hybridized carbons (Fsp3) is 0.111. The van der Waals surface area contributed by atoms with Gasteiger partial charge in [0.05, 0.1) is 16.3 Å². The summed E-state index contributed by atoms with van der Waals surface area (Å²) in [4.78, 5) is 16.1. The summed E-state index contributed by atoms with van der Waals surface area (Å²) in [6.07, 6.45) is 4.01. The van der Waals surface area contributed by atoms with Crippen molar-refractivity contribution >= 4 is 45.3 Å². The number of fused-ring (bicyclic) bond motifs is 1. The molecular weight excluding hydrogens is 306 g/mol. The Morgan fingerprint density at radius 2 is 1.91 bits per heavy atom. The predicted octanol–water partition coefficient (Wildman–Crippen LogP) is 3.75. The number of benzene rings is 2. The molecule has 1 amide bonds. The van der Waals surface area contributed by atoms with Gasteiger partial charge in [0.15, 0.2) is 0 Å². The van der Waals surface area contributed by atoms with Crippen LogP contribution in [-0.4, -0.2) is 16.9 Å². The van der Waals surface area contributed by atoms with E-state index >= 15 is 0 Å². The van der Waals surface area contributed by atoms with Gasteiger partial charge in [0, 0.05) is 5.69 Å². The lowest BCUT2D eigenvalue weighted by Gasteiger charge is -2.07. The number of anilines is 1. The number of hydrogen-bond acceptors (Lipinski definition) is 4. The number of amides is 1. The Bertz CT molecular complexity index is 817. The van der Waals surface area contributed by atoms with Crippen LogP contribution in [0.4, 0.5) is 5.69 Å². The first-order valence-electron chi connectivity index (χ1n) is 7.32. The molecule has 3 rings (SSSR count). The molecule has 0 spiro atoms. The Labute approximate surface area is 138 Å². The van der Waals surface area contributed by atoms with Gasteiger partial charge in [-0.25, -0.2) is 4.98 Å². The summed E-state index contributed by atoms with van der Waals surface area (Å²) in [5, 5.41) is 3.73. The number of nitrogens with two attached hydrogens (primary N) is 1. The average Bonchev–Trinajstić information content (AvgIpc) is 2.97. The maximum atomic E-state index is 11.5. The molecule has 0 bridgehead atoms. The molecular formula is C18H17N3OS. The van der Waals surface area contributed by atoms with E-state index in [9.17, 15) is 4.79 Å². The third-order valence-electron chi connectivity index (χ3n) is 3.32. The minimum atomic E-state index is -0.520. The van der Waals surface area contributed by atoms with Gasteiger partial charge < -0.3 is 11.1 Å². The maximum Gasteiger partial charge on any atom is 0.240 e. The highest BCUT2D eigenvalue weighted by Gasteiger charge is 2.06. The molecule has 0 aliphatic heterocycles. The molecule has 0 saturated heterocycles. The van der Waals surface area contributed by atoms with Crippen molar-refractivity contribution in [3.05, 3.63) is 59.1 Å². The molecule has 0 radical (unpaired) electrons. The van der Waals surface area contributed by atoms with Crippen molar-refractivity contribution in [2.24, 2.45) is 5.73 Å². The number of carbonyl (C=O) groups excluding carboxylic acids is 1. The van der Waals surface area contributed by atoms with Crippen LogP contribution >= 0.6 is 11.3 Å². The van der Waals surface area contributed by atoms with Gasteiger partial charge in [-0.1, -0.05) is 30.3 Å². The predicted molar refractivity (Wildman–Crippen MR) is 97.3 cm³/mol. The van der Waals surface area contributed by atoms with Gasteiger partial charge in [-0.3, -0.25) is 4.79 Å². The van der Waals surface area contributed by atoms with Gasteiger partial charge in [-0.2, -0.15) is 0 Å². The van der Waals surface area contributed by atoms with Crippen LogP contribution in [0.5, 0.6) is 0 Å². The van der Waals surface area contributed by atoms with E-state index in [4.69, 9.17) is 5.73 Å². The minimum absolute atomic E-state index is 0.192. The van der Waals surface area contributed by atoms with E-state index in [1.54, 1.807) is 18.3 Å². The molecule has 1 aromatic heterocycles. The number of rotatable bonds is 4. The molecule has 2 aromatic carbocycles. The lowest BCUT2D eigenvalue weighted by atomic mass is 10.2. The van der Waals surface area contributed by atoms with E-state index in [1.807, 2.05) is 54.6 Å². The first kappa shape index (κ1) is 15.4. The topological polar surface area (TPSA) is 68.0 Å². The van der Waals surface area contributed by atoms with Crippen molar-refractivity contribution in [3.63, 3.8) is 0 Å². The fourth-order valence-electron chi connectivity index (χ4n) is 2.06. The summed E-state index contributed by atoms with van der Waals surface area (Å²) in [7, 11) is 0. The zero-order valence-corrected chi connectivity index (χ0v) is 13.5. The monoisotopic (exact) mass is 323 g/mol. The van der Waals surface area contributed by atoms with Gasteiger partial charge in [0.25, 0.3) is 0 Å². The molecule has 116 valence electrons. The molecule has 0 fully saturated rings. The number of nitrogens with one attached hydrogen (secondary N) is 1. The Balaban J connectivity index is 1.71. The second-order valence-electron chi connectivity index (χ2n) is 5.25. The van der Waals surface area contributed by atoms with Gasteiger partial charge in [-0.05, 0) is 42.8 Å². The highest BCUT2D eigenvalue weighted by atomic mass is 32.1. The molecule has 1 heterocycles. The largest absolute Gasteiger partial charge is 0.325 e. The van der Waals surface area contributed by atoms with Crippen LogP contribution < -0.4 is 11.1 Å². The summed E-state index contributed by atoms with van der Waals surface area (Å²) in [6, 6.07) is 15.2. The number of carbonyl (C=O) groups is 1. The van der Waals surface area contributed by atoms with Crippen molar-refractivity contribution in [3.8, 4) is 0 Å². The van der Waals surface area contributed by atoms with E-state index < -0.39 is 6.04 Å². The van der Waals surface area contributed by atoms with E-state index in [0.29, 0.717) is 0 Å². The Hall–Kier alpha value is -2.50. The highest BCUT2D eigenvalue weighted by molar-refractivity contribution is 7.19. The summed E-state index contributed by atoms with van der Waals surface area (Å²) >= 11 is 1.66. The van der Waals surface area contributed by atoms with Crippen molar-refractivity contribution in [1.82, 2.24) is 4.98 Å². The molecule has 3 aromatic rings. The standard InChI is InChI=1S/C18H17N3OS/c1-12(19)18(22)20-14-9-6-13(7-10-14)8-11-17-21-15-4-2-3-5-16(15)23-17/h2-12H,19H2,1H3,(H,20,22)/b11-8+/t12-/m1/s1. The van der Waals surface area contributed by atoms with Crippen molar-refractivity contribution in [1.29, 1.82) is 0 Å². The molecule has 0 saturated carbocycles. The summed E-state index contributed by atoms with van der Waals surface area (Å²) in [5.74, 6) is -0.192. The van der Waals surface area contributed by atoms with Crippen molar-refractivity contribution in [2.45, 2.75) is 13.0 Å². The van der Waals surface area contributed by atoms with Gasteiger partial charge in [-0.15, -0.1) is 11.3 Å².